The fourth-order valence-electron chi connectivity index (χ4n) is 0.959. The van der Waals surface area contributed by atoms with E-state index in [-0.39, 0.29) is 11.9 Å². The summed E-state index contributed by atoms with van der Waals surface area (Å²) in [6.07, 6.45) is 0.439. The van der Waals surface area contributed by atoms with E-state index < -0.39 is 0 Å². The minimum atomic E-state index is -0.286. The molecule has 2 heteroatoms. The van der Waals surface area contributed by atoms with Crippen molar-refractivity contribution < 1.29 is 9.50 Å². The summed E-state index contributed by atoms with van der Waals surface area (Å²) in [7, 11) is 0. The van der Waals surface area contributed by atoms with E-state index in [1.807, 2.05) is 6.92 Å². The molecule has 0 aliphatic carbocycles. The predicted molar refractivity (Wildman–Crippen MR) is 43.0 cm³/mol. The lowest BCUT2D eigenvalue weighted by Gasteiger charge is -2.02. The van der Waals surface area contributed by atoms with Gasteiger partial charge in [0.2, 0.25) is 0 Å². The molecule has 0 aliphatic rings. The minimum absolute atomic E-state index is 0.256. The van der Waals surface area contributed by atoms with Crippen molar-refractivity contribution in [3.05, 3.63) is 35.6 Å². The number of halogens is 1. The van der Waals surface area contributed by atoms with Crippen LogP contribution in [-0.2, 0) is 0 Å². The lowest BCUT2D eigenvalue weighted by atomic mass is 10.1. The number of hydrogen-bond donors (Lipinski definition) is 0. The first-order valence-electron chi connectivity index (χ1n) is 3.70. The third-order valence-electron chi connectivity index (χ3n) is 1.66. The van der Waals surface area contributed by atoms with Crippen LogP contribution in [0.5, 0.6) is 0 Å². The highest BCUT2D eigenvalue weighted by Crippen LogP contribution is 2.16. The van der Waals surface area contributed by atoms with Crippen LogP contribution in [0.4, 0.5) is 4.39 Å². The van der Waals surface area contributed by atoms with E-state index in [1.54, 1.807) is 12.1 Å². The first-order valence-corrected chi connectivity index (χ1v) is 3.70. The molecular formula is C9H12FO+. The lowest BCUT2D eigenvalue weighted by Crippen LogP contribution is -1.94. The normalized spacial score (nSPS) is 13.0. The summed E-state index contributed by atoms with van der Waals surface area (Å²) in [5.41, 5.74) is 0.757. The summed E-state index contributed by atoms with van der Waals surface area (Å²) in [6.45, 7) is 1.92. The van der Waals surface area contributed by atoms with Gasteiger partial charge in [-0.25, -0.2) is 4.39 Å². The van der Waals surface area contributed by atoms with Crippen LogP contribution >= 0.6 is 0 Å². The third kappa shape index (κ3) is 2.02. The van der Waals surface area contributed by atoms with Gasteiger partial charge in [-0.15, -0.1) is 0 Å². The zero-order valence-electron chi connectivity index (χ0n) is 6.47. The van der Waals surface area contributed by atoms with Crippen LogP contribution in [0, 0.1) is 5.82 Å². The Bertz CT molecular complexity index is 235. The fourth-order valence-corrected chi connectivity index (χ4v) is 0.959. The first-order chi connectivity index (χ1) is 5.24. The molecule has 0 saturated carbocycles. The van der Waals surface area contributed by atoms with E-state index in [0.29, 0.717) is 0 Å². The van der Waals surface area contributed by atoms with Crippen molar-refractivity contribution in [2.24, 2.45) is 0 Å². The minimum Gasteiger partial charge on any atom is -0.440 e. The molecule has 1 aromatic rings. The molecule has 0 heterocycles. The summed E-state index contributed by atoms with van der Waals surface area (Å²) in [5, 5.41) is 7.49. The smallest absolute Gasteiger partial charge is 0.179 e. The average molecular weight is 155 g/mol. The van der Waals surface area contributed by atoms with Crippen LogP contribution in [0.25, 0.3) is 0 Å². The molecule has 0 fully saturated rings. The Labute approximate surface area is 65.5 Å². The van der Waals surface area contributed by atoms with Crippen LogP contribution in [0.15, 0.2) is 24.3 Å². The average Bonchev–Trinajstić information content (AvgIpc) is 2.03. The van der Waals surface area contributed by atoms with Gasteiger partial charge in [0.1, 0.15) is 5.82 Å². The van der Waals surface area contributed by atoms with E-state index in [9.17, 15) is 4.39 Å². The molecule has 1 nitrogen and oxygen atoms in total. The maximum absolute atomic E-state index is 12.6. The van der Waals surface area contributed by atoms with E-state index in [0.717, 1.165) is 12.0 Å². The number of benzene rings is 1. The third-order valence-corrected chi connectivity index (χ3v) is 1.66. The molecule has 0 spiro atoms. The van der Waals surface area contributed by atoms with E-state index >= 15 is 0 Å². The van der Waals surface area contributed by atoms with Crippen molar-refractivity contribution in [2.45, 2.75) is 19.4 Å². The largest absolute Gasteiger partial charge is 0.440 e. The summed E-state index contributed by atoms with van der Waals surface area (Å²) in [5.74, 6) is -0.256. The molecule has 0 radical (unpaired) electrons. The number of rotatable bonds is 2. The molecule has 0 bridgehead atoms. The molecule has 1 atom stereocenters. The van der Waals surface area contributed by atoms with Gasteiger partial charge in [-0.05, 0) is 12.1 Å². The highest BCUT2D eigenvalue weighted by molar-refractivity contribution is 5.18. The summed E-state index contributed by atoms with van der Waals surface area (Å²) >= 11 is 0. The summed E-state index contributed by atoms with van der Waals surface area (Å²) < 4.78 is 12.6. The fraction of sp³-hybridized carbons (Fsp3) is 0.333. The molecule has 0 saturated heterocycles. The van der Waals surface area contributed by atoms with Gasteiger partial charge in [-0.3, -0.25) is 0 Å². The van der Waals surface area contributed by atoms with Crippen molar-refractivity contribution in [3.8, 4) is 0 Å². The second kappa shape index (κ2) is 3.49. The molecular weight excluding hydrogens is 143 g/mol. The highest BCUT2D eigenvalue weighted by Gasteiger charge is 2.08. The molecule has 0 aliphatic heterocycles. The van der Waals surface area contributed by atoms with Gasteiger partial charge in [0.15, 0.2) is 6.10 Å². The van der Waals surface area contributed by atoms with Crippen LogP contribution < -0.4 is 0 Å². The van der Waals surface area contributed by atoms with E-state index in [4.69, 9.17) is 5.11 Å². The zero-order chi connectivity index (χ0) is 8.27. The van der Waals surface area contributed by atoms with Gasteiger partial charge in [-0.2, -0.15) is 0 Å². The molecule has 11 heavy (non-hydrogen) atoms. The Morgan fingerprint density at radius 3 is 2.82 bits per heavy atom. The zero-order valence-corrected chi connectivity index (χ0v) is 6.47. The maximum atomic E-state index is 12.6. The van der Waals surface area contributed by atoms with Gasteiger partial charge in [0.05, 0.1) is 0 Å². The van der Waals surface area contributed by atoms with Crippen molar-refractivity contribution in [1.82, 2.24) is 0 Å². The SMILES string of the molecule is CCC([OH2+])c1cccc(F)c1. The van der Waals surface area contributed by atoms with Crippen molar-refractivity contribution in [1.29, 1.82) is 0 Å². The Balaban J connectivity index is 2.86. The van der Waals surface area contributed by atoms with E-state index in [1.165, 1.54) is 12.1 Å². The highest BCUT2D eigenvalue weighted by atomic mass is 19.1. The van der Waals surface area contributed by atoms with Gasteiger partial charge in [0.25, 0.3) is 0 Å². The van der Waals surface area contributed by atoms with Gasteiger partial charge in [-0.1, -0.05) is 19.1 Å². The molecule has 60 valence electrons. The molecule has 1 rings (SSSR count). The lowest BCUT2D eigenvalue weighted by molar-refractivity contribution is 0.173. The topological polar surface area (TPSA) is 22.9 Å². The Morgan fingerprint density at radius 2 is 2.27 bits per heavy atom. The van der Waals surface area contributed by atoms with Crippen LogP contribution in [0.3, 0.4) is 0 Å². The van der Waals surface area contributed by atoms with Crippen molar-refractivity contribution in [3.63, 3.8) is 0 Å². The second-order valence-electron chi connectivity index (χ2n) is 2.52. The summed E-state index contributed by atoms with van der Waals surface area (Å²) in [4.78, 5) is 0. The monoisotopic (exact) mass is 155 g/mol. The standard InChI is InChI=1S/C9H11FO/c1-2-9(11)7-4-3-5-8(10)6-7/h3-6,9,11H,2H2,1H3/p+1. The molecule has 1 unspecified atom stereocenters. The molecule has 1 aromatic carbocycles. The molecule has 0 aromatic heterocycles. The van der Waals surface area contributed by atoms with Gasteiger partial charge in [0, 0.05) is 12.0 Å². The van der Waals surface area contributed by atoms with E-state index in [2.05, 4.69) is 0 Å². The van der Waals surface area contributed by atoms with Crippen LogP contribution in [0.1, 0.15) is 25.0 Å². The number of hydrogen-bond acceptors (Lipinski definition) is 0. The van der Waals surface area contributed by atoms with Crippen molar-refractivity contribution >= 4 is 0 Å². The predicted octanol–water partition coefficient (Wildman–Crippen LogP) is 2.00. The Morgan fingerprint density at radius 1 is 1.55 bits per heavy atom. The molecule has 0 amide bonds. The maximum Gasteiger partial charge on any atom is 0.179 e. The summed E-state index contributed by atoms with van der Waals surface area (Å²) in [6, 6.07) is 6.24. The Kier molecular flexibility index (Phi) is 2.60. The van der Waals surface area contributed by atoms with Gasteiger partial charge < -0.3 is 5.11 Å². The second-order valence-corrected chi connectivity index (χ2v) is 2.52. The van der Waals surface area contributed by atoms with Gasteiger partial charge >= 0.3 is 0 Å². The first kappa shape index (κ1) is 8.21. The Hall–Kier alpha value is -0.890. The van der Waals surface area contributed by atoms with Crippen LogP contribution in [-0.4, -0.2) is 5.11 Å². The van der Waals surface area contributed by atoms with Crippen molar-refractivity contribution in [2.75, 3.05) is 0 Å². The van der Waals surface area contributed by atoms with Crippen LogP contribution in [0.2, 0.25) is 0 Å². The quantitative estimate of drug-likeness (QED) is 0.583. The molecule has 2 N–H and O–H groups in total.